The first kappa shape index (κ1) is 31.6. The molecule has 0 saturated carbocycles. The van der Waals surface area contributed by atoms with Gasteiger partial charge in [0, 0.05) is 46.4 Å². The van der Waals surface area contributed by atoms with Gasteiger partial charge >= 0.3 is 18.1 Å². The summed E-state index contributed by atoms with van der Waals surface area (Å²) >= 11 is 0. The lowest BCUT2D eigenvalue weighted by Crippen LogP contribution is -2.49. The second kappa shape index (κ2) is 16.8. The molecule has 0 aromatic heterocycles. The summed E-state index contributed by atoms with van der Waals surface area (Å²) in [5.74, 6) is 1.90. The van der Waals surface area contributed by atoms with Gasteiger partial charge in [0.05, 0.1) is 0 Å². The number of ether oxygens (including phenoxy) is 2. The van der Waals surface area contributed by atoms with E-state index in [9.17, 15) is 22.8 Å². The fraction of sp³-hybridized carbons (Fsp3) is 0.737. The molecule has 170 valence electrons. The van der Waals surface area contributed by atoms with Gasteiger partial charge in [-0.15, -0.1) is 12.3 Å². The second-order valence-corrected chi connectivity index (χ2v) is 5.91. The van der Waals surface area contributed by atoms with Gasteiger partial charge in [0.2, 0.25) is 6.29 Å². The number of rotatable bonds is 5. The Hall–Kier alpha value is -2.12. The molecule has 1 heterocycles. The fourth-order valence-corrected chi connectivity index (χ4v) is 2.65. The zero-order chi connectivity index (χ0) is 22.3. The minimum atomic E-state index is -4.64. The van der Waals surface area contributed by atoms with Crippen LogP contribution in [0.3, 0.4) is 0 Å². The third-order valence-corrected chi connectivity index (χ3v) is 3.61. The fourth-order valence-electron chi connectivity index (χ4n) is 2.65. The van der Waals surface area contributed by atoms with Crippen LogP contribution in [0.5, 0.6) is 0 Å². The van der Waals surface area contributed by atoms with Gasteiger partial charge in [0.25, 0.3) is 0 Å². The van der Waals surface area contributed by atoms with E-state index in [1.54, 1.807) is 0 Å². The SMILES string of the molecule is C.C#CCCC(OC(C)=O)C1CN(C)CCC1OC(C)=O.CO.O=CC(F)(F)F. The van der Waals surface area contributed by atoms with Gasteiger partial charge in [0.15, 0.2) is 0 Å². The van der Waals surface area contributed by atoms with E-state index in [-0.39, 0.29) is 37.5 Å². The van der Waals surface area contributed by atoms with Crippen LogP contribution in [0.1, 0.15) is 40.5 Å². The summed E-state index contributed by atoms with van der Waals surface area (Å²) < 4.78 is 42.0. The maximum Gasteiger partial charge on any atom is 0.446 e. The molecule has 0 aromatic rings. The first-order valence-electron chi connectivity index (χ1n) is 8.44. The Morgan fingerprint density at radius 2 is 1.83 bits per heavy atom. The van der Waals surface area contributed by atoms with Gasteiger partial charge in [-0.25, -0.2) is 0 Å². The molecule has 3 unspecified atom stereocenters. The van der Waals surface area contributed by atoms with Crippen LogP contribution >= 0.6 is 0 Å². The van der Waals surface area contributed by atoms with Crippen molar-refractivity contribution in [2.24, 2.45) is 5.92 Å². The maximum absolute atomic E-state index is 11.3. The van der Waals surface area contributed by atoms with Crippen LogP contribution in [0, 0.1) is 18.3 Å². The molecule has 0 spiro atoms. The van der Waals surface area contributed by atoms with Crippen LogP contribution in [0.4, 0.5) is 13.2 Å². The van der Waals surface area contributed by atoms with Crippen molar-refractivity contribution in [3.63, 3.8) is 0 Å². The molecule has 1 saturated heterocycles. The Labute approximate surface area is 170 Å². The standard InChI is InChI=1S/C15H23NO4.C2HF3O.CH4O.CH4/c1-5-6-7-14(19-11(2)17)13-10-16(4)9-8-15(13)20-12(3)18;3-2(4,5)1-6;1-2;/h1,13-15H,6-10H2,2-4H3;1H;2H,1H3;1H4. The first-order valence-corrected chi connectivity index (χ1v) is 8.44. The van der Waals surface area contributed by atoms with E-state index in [0.717, 1.165) is 26.6 Å². The summed E-state index contributed by atoms with van der Waals surface area (Å²) in [4.78, 5) is 33.3. The number of halogens is 3. The molecule has 1 aliphatic heterocycles. The molecule has 1 rings (SSSR count). The van der Waals surface area contributed by atoms with E-state index in [2.05, 4.69) is 10.8 Å². The molecular formula is C19H32F3NO6. The highest BCUT2D eigenvalue weighted by atomic mass is 19.4. The van der Waals surface area contributed by atoms with Crippen LogP contribution in [0.2, 0.25) is 0 Å². The quantitative estimate of drug-likeness (QED) is 0.408. The average Bonchev–Trinajstić information content (AvgIpc) is 2.61. The molecule has 0 aliphatic carbocycles. The summed E-state index contributed by atoms with van der Waals surface area (Å²) in [5.41, 5.74) is 0. The number of aliphatic hydroxyl groups is 1. The smallest absolute Gasteiger partial charge is 0.446 e. The third-order valence-electron chi connectivity index (χ3n) is 3.61. The Kier molecular flexibility index (Phi) is 18.3. The van der Waals surface area contributed by atoms with Crippen LogP contribution in [-0.4, -0.2) is 73.9 Å². The summed E-state index contributed by atoms with van der Waals surface area (Å²) in [6, 6.07) is 0. The molecule has 0 amide bonds. The highest BCUT2D eigenvalue weighted by molar-refractivity contribution is 5.66. The van der Waals surface area contributed by atoms with E-state index >= 15 is 0 Å². The third kappa shape index (κ3) is 16.5. The summed E-state index contributed by atoms with van der Waals surface area (Å²) in [5, 5.41) is 7.00. The van der Waals surface area contributed by atoms with Crippen molar-refractivity contribution in [1.82, 2.24) is 4.90 Å². The van der Waals surface area contributed by atoms with Gasteiger partial charge in [-0.2, -0.15) is 13.2 Å². The monoisotopic (exact) mass is 427 g/mol. The van der Waals surface area contributed by atoms with Crippen molar-refractivity contribution >= 4 is 18.2 Å². The lowest BCUT2D eigenvalue weighted by molar-refractivity contribution is -0.164. The zero-order valence-electron chi connectivity index (χ0n) is 16.5. The van der Waals surface area contributed by atoms with Crippen molar-refractivity contribution in [2.45, 2.75) is 58.9 Å². The van der Waals surface area contributed by atoms with Crippen molar-refractivity contribution < 1.29 is 42.1 Å². The van der Waals surface area contributed by atoms with E-state index in [4.69, 9.17) is 25.8 Å². The molecule has 0 aromatic carbocycles. The minimum absolute atomic E-state index is 0. The van der Waals surface area contributed by atoms with Crippen LogP contribution in [-0.2, 0) is 23.9 Å². The highest BCUT2D eigenvalue weighted by Gasteiger charge is 2.37. The molecule has 29 heavy (non-hydrogen) atoms. The Morgan fingerprint density at radius 3 is 2.21 bits per heavy atom. The van der Waals surface area contributed by atoms with Crippen molar-refractivity contribution in [2.75, 3.05) is 27.2 Å². The number of carbonyl (C=O) groups is 3. The van der Waals surface area contributed by atoms with E-state index in [1.165, 1.54) is 13.8 Å². The number of carbonyl (C=O) groups excluding carboxylic acids is 3. The number of nitrogens with zero attached hydrogens (tertiary/aromatic N) is 1. The number of aliphatic hydroxyl groups excluding tert-OH is 1. The number of likely N-dealkylation sites (tertiary alicyclic amines) is 1. The number of alkyl halides is 3. The molecule has 0 bridgehead atoms. The van der Waals surface area contributed by atoms with Crippen LogP contribution in [0.15, 0.2) is 0 Å². The molecule has 1 N–H and O–H groups in total. The number of hydrogen-bond acceptors (Lipinski definition) is 7. The topological polar surface area (TPSA) is 93.1 Å². The van der Waals surface area contributed by atoms with Gasteiger partial charge in [0.1, 0.15) is 12.2 Å². The molecule has 1 aliphatic rings. The van der Waals surface area contributed by atoms with E-state index in [1.807, 2.05) is 7.05 Å². The minimum Gasteiger partial charge on any atom is -0.462 e. The molecule has 7 nitrogen and oxygen atoms in total. The number of piperidine rings is 1. The second-order valence-electron chi connectivity index (χ2n) is 5.91. The highest BCUT2D eigenvalue weighted by Crippen LogP contribution is 2.27. The van der Waals surface area contributed by atoms with E-state index in [0.29, 0.717) is 12.8 Å². The Balaban J connectivity index is -0.000000644. The molecule has 10 heteroatoms. The van der Waals surface area contributed by atoms with Gasteiger partial charge in [-0.3, -0.25) is 14.4 Å². The maximum atomic E-state index is 11.3. The zero-order valence-corrected chi connectivity index (χ0v) is 16.5. The summed E-state index contributed by atoms with van der Waals surface area (Å²) in [6.07, 6.45) is 0.933. The number of aldehydes is 1. The largest absolute Gasteiger partial charge is 0.462 e. The predicted molar refractivity (Wildman–Crippen MR) is 102 cm³/mol. The van der Waals surface area contributed by atoms with Gasteiger partial charge < -0.3 is 19.5 Å². The van der Waals surface area contributed by atoms with Crippen LogP contribution in [0.25, 0.3) is 0 Å². The lowest BCUT2D eigenvalue weighted by atomic mass is 9.87. The summed E-state index contributed by atoms with van der Waals surface area (Å²) in [6.45, 7) is 4.37. The number of esters is 2. The van der Waals surface area contributed by atoms with Crippen molar-refractivity contribution in [3.8, 4) is 12.3 Å². The first-order chi connectivity index (χ1) is 13.0. The molecule has 3 atom stereocenters. The lowest BCUT2D eigenvalue weighted by Gasteiger charge is -2.39. The molecular weight excluding hydrogens is 395 g/mol. The van der Waals surface area contributed by atoms with Gasteiger partial charge in [-0.05, 0) is 19.9 Å². The van der Waals surface area contributed by atoms with Gasteiger partial charge in [-0.1, -0.05) is 7.43 Å². The van der Waals surface area contributed by atoms with Crippen LogP contribution < -0.4 is 0 Å². The average molecular weight is 427 g/mol. The number of terminal acetylenes is 1. The normalized spacial score (nSPS) is 19.4. The molecule has 0 radical (unpaired) electrons. The Bertz CT molecular complexity index is 519. The van der Waals surface area contributed by atoms with Crippen molar-refractivity contribution in [1.29, 1.82) is 0 Å². The van der Waals surface area contributed by atoms with E-state index < -0.39 is 12.5 Å². The van der Waals surface area contributed by atoms with Crippen molar-refractivity contribution in [3.05, 3.63) is 0 Å². The Morgan fingerprint density at radius 1 is 1.31 bits per heavy atom. The molecule has 1 fully saturated rings. The predicted octanol–water partition coefficient (Wildman–Crippen LogP) is 2.21. The summed E-state index contributed by atoms with van der Waals surface area (Å²) in [7, 11) is 3.00. The number of hydrogen-bond donors (Lipinski definition) is 1.